The molecule has 0 fully saturated rings. The molecule has 0 atom stereocenters. The summed E-state index contributed by atoms with van der Waals surface area (Å²) in [5, 5.41) is 9.34. The van der Waals surface area contributed by atoms with E-state index in [4.69, 9.17) is 0 Å². The standard InChI is InChI=1S/C21H14O3/c22-20(16-8-3-4-9-18(16)21(23)24)17-11-5-10-15-14-7-2-1-6-13(14)12-19(15)17/h1-11H,12H2,(H,23,24). The van der Waals surface area contributed by atoms with E-state index in [9.17, 15) is 14.7 Å². The molecule has 3 aromatic carbocycles. The number of carboxylic acids is 1. The second kappa shape index (κ2) is 5.46. The Bertz CT molecular complexity index is 986. The highest BCUT2D eigenvalue weighted by Gasteiger charge is 2.25. The van der Waals surface area contributed by atoms with Crippen LogP contribution in [0.3, 0.4) is 0 Å². The lowest BCUT2D eigenvalue weighted by molar-refractivity contribution is 0.0693. The zero-order valence-corrected chi connectivity index (χ0v) is 12.8. The Kier molecular flexibility index (Phi) is 3.28. The molecule has 0 aromatic heterocycles. The van der Waals surface area contributed by atoms with Gasteiger partial charge in [-0.15, -0.1) is 0 Å². The van der Waals surface area contributed by atoms with Crippen molar-refractivity contribution in [2.24, 2.45) is 0 Å². The topological polar surface area (TPSA) is 54.4 Å². The van der Waals surface area contributed by atoms with Crippen molar-refractivity contribution in [2.45, 2.75) is 6.42 Å². The Morgan fingerprint density at radius 1 is 0.708 bits per heavy atom. The molecule has 4 rings (SSSR count). The van der Waals surface area contributed by atoms with E-state index >= 15 is 0 Å². The van der Waals surface area contributed by atoms with Crippen LogP contribution in [0.2, 0.25) is 0 Å². The van der Waals surface area contributed by atoms with Crippen molar-refractivity contribution in [2.75, 3.05) is 0 Å². The van der Waals surface area contributed by atoms with Crippen LogP contribution in [0.15, 0.2) is 66.7 Å². The maximum Gasteiger partial charge on any atom is 0.336 e. The van der Waals surface area contributed by atoms with Gasteiger partial charge in [-0.25, -0.2) is 4.79 Å². The quantitative estimate of drug-likeness (QED) is 0.577. The molecule has 24 heavy (non-hydrogen) atoms. The van der Waals surface area contributed by atoms with Gasteiger partial charge in [0.25, 0.3) is 0 Å². The first-order chi connectivity index (χ1) is 11.7. The number of ketones is 1. The number of aromatic carboxylic acids is 1. The molecule has 116 valence electrons. The molecule has 0 radical (unpaired) electrons. The van der Waals surface area contributed by atoms with E-state index in [1.54, 1.807) is 24.3 Å². The molecule has 0 aliphatic heterocycles. The van der Waals surface area contributed by atoms with Crippen LogP contribution in [0.5, 0.6) is 0 Å². The molecule has 3 aromatic rings. The first-order valence-electron chi connectivity index (χ1n) is 7.74. The van der Waals surface area contributed by atoms with Crippen LogP contribution in [-0.4, -0.2) is 16.9 Å². The van der Waals surface area contributed by atoms with Gasteiger partial charge in [-0.05, 0) is 34.7 Å². The van der Waals surface area contributed by atoms with Gasteiger partial charge in [-0.3, -0.25) is 4.79 Å². The number of hydrogen-bond acceptors (Lipinski definition) is 2. The van der Waals surface area contributed by atoms with Gasteiger partial charge in [0.2, 0.25) is 0 Å². The number of carbonyl (C=O) groups is 2. The lowest BCUT2D eigenvalue weighted by atomic mass is 9.92. The first kappa shape index (κ1) is 14.4. The first-order valence-corrected chi connectivity index (χ1v) is 7.74. The number of rotatable bonds is 3. The summed E-state index contributed by atoms with van der Waals surface area (Å²) >= 11 is 0. The monoisotopic (exact) mass is 314 g/mol. The highest BCUT2D eigenvalue weighted by molar-refractivity contribution is 6.15. The Labute approximate surface area is 139 Å². The van der Waals surface area contributed by atoms with Crippen molar-refractivity contribution in [3.63, 3.8) is 0 Å². The summed E-state index contributed by atoms with van der Waals surface area (Å²) in [4.78, 5) is 24.4. The molecular weight excluding hydrogens is 300 g/mol. The van der Waals surface area contributed by atoms with E-state index in [0.717, 1.165) is 16.7 Å². The molecule has 0 heterocycles. The lowest BCUT2D eigenvalue weighted by Crippen LogP contribution is -2.11. The van der Waals surface area contributed by atoms with Crippen LogP contribution in [0.4, 0.5) is 0 Å². The third kappa shape index (κ3) is 2.14. The minimum absolute atomic E-state index is 0.0376. The summed E-state index contributed by atoms with van der Waals surface area (Å²) in [7, 11) is 0. The van der Waals surface area contributed by atoms with E-state index in [0.29, 0.717) is 12.0 Å². The number of carboxylic acid groups (broad SMARTS) is 1. The van der Waals surface area contributed by atoms with Crippen LogP contribution in [0, 0.1) is 0 Å². The fourth-order valence-electron chi connectivity index (χ4n) is 3.38. The van der Waals surface area contributed by atoms with Crippen LogP contribution >= 0.6 is 0 Å². The second-order valence-electron chi connectivity index (χ2n) is 5.85. The van der Waals surface area contributed by atoms with E-state index < -0.39 is 5.97 Å². The van der Waals surface area contributed by atoms with Crippen molar-refractivity contribution < 1.29 is 14.7 Å². The van der Waals surface area contributed by atoms with Crippen LogP contribution in [0.1, 0.15) is 37.4 Å². The lowest BCUT2D eigenvalue weighted by Gasteiger charge is -2.09. The highest BCUT2D eigenvalue weighted by Crippen LogP contribution is 2.38. The smallest absolute Gasteiger partial charge is 0.336 e. The summed E-state index contributed by atoms with van der Waals surface area (Å²) in [6.07, 6.45) is 0.697. The Hall–Kier alpha value is -3.20. The molecule has 0 saturated heterocycles. The van der Waals surface area contributed by atoms with Gasteiger partial charge in [0.1, 0.15) is 0 Å². The molecule has 3 heteroatoms. The average molecular weight is 314 g/mol. The number of hydrogen-bond donors (Lipinski definition) is 1. The molecule has 0 bridgehead atoms. The van der Waals surface area contributed by atoms with Crippen LogP contribution in [0.25, 0.3) is 11.1 Å². The predicted molar refractivity (Wildman–Crippen MR) is 91.5 cm³/mol. The van der Waals surface area contributed by atoms with Crippen molar-refractivity contribution in [1.82, 2.24) is 0 Å². The predicted octanol–water partition coefficient (Wildman–Crippen LogP) is 4.19. The van der Waals surface area contributed by atoms with Crippen molar-refractivity contribution in [3.05, 3.63) is 94.5 Å². The van der Waals surface area contributed by atoms with Crippen molar-refractivity contribution >= 4 is 11.8 Å². The van der Waals surface area contributed by atoms with Crippen molar-refractivity contribution in [3.8, 4) is 11.1 Å². The molecule has 0 saturated carbocycles. The molecule has 1 N–H and O–H groups in total. The summed E-state index contributed by atoms with van der Waals surface area (Å²) in [5.41, 5.74) is 5.23. The number of fused-ring (bicyclic) bond motifs is 3. The van der Waals surface area contributed by atoms with Gasteiger partial charge in [0.05, 0.1) is 5.56 Å². The SMILES string of the molecule is O=C(O)c1ccccc1C(=O)c1cccc2c1Cc1ccccc1-2. The molecule has 0 amide bonds. The van der Waals surface area contributed by atoms with Gasteiger partial charge in [0.15, 0.2) is 5.78 Å². The maximum absolute atomic E-state index is 13.0. The second-order valence-corrected chi connectivity index (χ2v) is 5.85. The van der Waals surface area contributed by atoms with Crippen molar-refractivity contribution in [1.29, 1.82) is 0 Å². The Balaban J connectivity index is 1.86. The average Bonchev–Trinajstić information content (AvgIpc) is 3.00. The zero-order valence-electron chi connectivity index (χ0n) is 12.8. The summed E-state index contributed by atoms with van der Waals surface area (Å²) < 4.78 is 0. The van der Waals surface area contributed by atoms with Gasteiger partial charge in [-0.2, -0.15) is 0 Å². The molecular formula is C21H14O3. The van der Waals surface area contributed by atoms with Gasteiger partial charge >= 0.3 is 5.97 Å². The van der Waals surface area contributed by atoms with Gasteiger partial charge < -0.3 is 5.11 Å². The molecule has 1 aliphatic carbocycles. The largest absolute Gasteiger partial charge is 0.478 e. The normalized spacial score (nSPS) is 11.7. The fraction of sp³-hybridized carbons (Fsp3) is 0.0476. The zero-order chi connectivity index (χ0) is 16.7. The Morgan fingerprint density at radius 3 is 2.12 bits per heavy atom. The Morgan fingerprint density at radius 2 is 1.33 bits per heavy atom. The van der Waals surface area contributed by atoms with Crippen LogP contribution < -0.4 is 0 Å². The summed E-state index contributed by atoms with van der Waals surface area (Å²) in [6.45, 7) is 0. The molecule has 0 spiro atoms. The summed E-state index contributed by atoms with van der Waals surface area (Å²) in [6, 6.07) is 20.1. The van der Waals surface area contributed by atoms with Gasteiger partial charge in [0, 0.05) is 11.1 Å². The highest BCUT2D eigenvalue weighted by atomic mass is 16.4. The number of carbonyl (C=O) groups excluding carboxylic acids is 1. The minimum Gasteiger partial charge on any atom is -0.478 e. The number of benzene rings is 3. The summed E-state index contributed by atoms with van der Waals surface area (Å²) in [5.74, 6) is -1.33. The van der Waals surface area contributed by atoms with E-state index in [1.165, 1.54) is 11.6 Å². The minimum atomic E-state index is -1.09. The van der Waals surface area contributed by atoms with Gasteiger partial charge in [-0.1, -0.05) is 60.7 Å². The van der Waals surface area contributed by atoms with E-state index in [-0.39, 0.29) is 16.9 Å². The third-order valence-electron chi connectivity index (χ3n) is 4.50. The maximum atomic E-state index is 13.0. The molecule has 1 aliphatic rings. The van der Waals surface area contributed by atoms with E-state index in [2.05, 4.69) is 12.1 Å². The van der Waals surface area contributed by atoms with Crippen LogP contribution in [-0.2, 0) is 6.42 Å². The van der Waals surface area contributed by atoms with E-state index in [1.807, 2.05) is 24.3 Å². The fourth-order valence-corrected chi connectivity index (χ4v) is 3.38. The third-order valence-corrected chi connectivity index (χ3v) is 4.50. The molecule has 3 nitrogen and oxygen atoms in total. The molecule has 0 unspecified atom stereocenters.